The molecule has 0 atom stereocenters. The number of hydrogen-bond acceptors (Lipinski definition) is 7. The second kappa shape index (κ2) is 8.66. The number of carbonyl (C=O) groups is 3. The van der Waals surface area contributed by atoms with E-state index in [1.54, 1.807) is 18.2 Å². The van der Waals surface area contributed by atoms with Crippen LogP contribution in [-0.4, -0.2) is 79.7 Å². The highest BCUT2D eigenvalue weighted by atomic mass is 16.7. The molecule has 0 aromatic heterocycles. The van der Waals surface area contributed by atoms with Crippen LogP contribution < -0.4 is 25.4 Å². The highest BCUT2D eigenvalue weighted by molar-refractivity contribution is 6.01. The van der Waals surface area contributed by atoms with E-state index in [9.17, 15) is 14.4 Å². The molecule has 4 rings (SSSR count). The van der Waals surface area contributed by atoms with Gasteiger partial charge >= 0.3 is 6.03 Å². The van der Waals surface area contributed by atoms with Gasteiger partial charge in [-0.2, -0.15) is 0 Å². The zero-order chi connectivity index (χ0) is 20.2. The molecular formula is C19H25N5O5. The molecule has 2 aliphatic heterocycles. The fourth-order valence-corrected chi connectivity index (χ4v) is 3.32. The average Bonchev–Trinajstić information content (AvgIpc) is 3.36. The Bertz CT molecular complexity index is 789. The summed E-state index contributed by atoms with van der Waals surface area (Å²) in [6.07, 6.45) is 2.16. The molecule has 3 N–H and O–H groups in total. The Morgan fingerprint density at radius 3 is 2.28 bits per heavy atom. The highest BCUT2D eigenvalue weighted by Gasteiger charge is 2.26. The van der Waals surface area contributed by atoms with Gasteiger partial charge in [0, 0.05) is 44.0 Å². The van der Waals surface area contributed by atoms with Crippen molar-refractivity contribution in [2.75, 3.05) is 51.4 Å². The molecule has 1 aromatic carbocycles. The first-order valence-electron chi connectivity index (χ1n) is 9.80. The summed E-state index contributed by atoms with van der Waals surface area (Å²) in [4.78, 5) is 40.1. The zero-order valence-electron chi connectivity index (χ0n) is 16.1. The molecule has 29 heavy (non-hydrogen) atoms. The normalized spacial score (nSPS) is 18.9. The van der Waals surface area contributed by atoms with Crippen LogP contribution >= 0.6 is 0 Å². The summed E-state index contributed by atoms with van der Waals surface area (Å²) in [6.45, 7) is 3.47. The molecule has 0 radical (unpaired) electrons. The maximum absolute atomic E-state index is 12.2. The van der Waals surface area contributed by atoms with Crippen molar-refractivity contribution < 1.29 is 23.9 Å². The third kappa shape index (κ3) is 5.58. The molecule has 156 valence electrons. The standard InChI is InChI=1S/C19H25N5O5/c25-17(20-13-1-2-13)10-23-5-7-24(8-6-23)11-18(26)22-19(27)21-14-3-4-15-16(9-14)29-12-28-15/h3-4,9,13H,1-2,5-8,10-12H2,(H,20,25)(H2,21,22,26,27). The molecule has 10 heteroatoms. The second-order valence-corrected chi connectivity index (χ2v) is 7.46. The van der Waals surface area contributed by atoms with Crippen LogP contribution in [0.15, 0.2) is 18.2 Å². The number of benzene rings is 1. The molecule has 1 saturated carbocycles. The second-order valence-electron chi connectivity index (χ2n) is 7.46. The number of nitrogens with one attached hydrogen (secondary N) is 3. The third-order valence-electron chi connectivity index (χ3n) is 5.03. The Labute approximate surface area is 168 Å². The van der Waals surface area contributed by atoms with Crippen molar-refractivity contribution in [2.45, 2.75) is 18.9 Å². The number of amides is 4. The molecule has 4 amide bonds. The predicted octanol–water partition coefficient (Wildman–Crippen LogP) is -0.0404. The number of ether oxygens (including phenoxy) is 2. The van der Waals surface area contributed by atoms with Crippen molar-refractivity contribution in [3.63, 3.8) is 0 Å². The van der Waals surface area contributed by atoms with E-state index in [2.05, 4.69) is 20.9 Å². The minimum absolute atomic E-state index is 0.0684. The molecule has 10 nitrogen and oxygen atoms in total. The summed E-state index contributed by atoms with van der Waals surface area (Å²) in [6, 6.07) is 4.80. The predicted molar refractivity (Wildman–Crippen MR) is 104 cm³/mol. The van der Waals surface area contributed by atoms with Gasteiger partial charge in [0.15, 0.2) is 11.5 Å². The summed E-state index contributed by atoms with van der Waals surface area (Å²) >= 11 is 0. The van der Waals surface area contributed by atoms with Gasteiger partial charge in [-0.3, -0.25) is 24.7 Å². The number of imide groups is 1. The first-order valence-corrected chi connectivity index (χ1v) is 9.80. The summed E-state index contributed by atoms with van der Waals surface area (Å²) in [5, 5.41) is 7.93. The van der Waals surface area contributed by atoms with Crippen LogP contribution in [0.3, 0.4) is 0 Å². The molecule has 2 fully saturated rings. The van der Waals surface area contributed by atoms with E-state index >= 15 is 0 Å². The van der Waals surface area contributed by atoms with Crippen molar-refractivity contribution >= 4 is 23.5 Å². The number of carbonyl (C=O) groups excluding carboxylic acids is 3. The van der Waals surface area contributed by atoms with Crippen LogP contribution in [0.4, 0.5) is 10.5 Å². The Kier molecular flexibility index (Phi) is 5.81. The van der Waals surface area contributed by atoms with Crippen LogP contribution in [0.2, 0.25) is 0 Å². The minimum Gasteiger partial charge on any atom is -0.454 e. The van der Waals surface area contributed by atoms with Crippen molar-refractivity contribution in [3.8, 4) is 11.5 Å². The first kappa shape index (κ1) is 19.5. The van der Waals surface area contributed by atoms with Gasteiger partial charge in [-0.25, -0.2) is 4.79 Å². The molecule has 0 bridgehead atoms. The number of rotatable bonds is 6. The minimum atomic E-state index is -0.593. The maximum Gasteiger partial charge on any atom is 0.325 e. The van der Waals surface area contributed by atoms with E-state index in [-0.39, 0.29) is 25.2 Å². The van der Waals surface area contributed by atoms with Crippen LogP contribution in [0.5, 0.6) is 11.5 Å². The summed E-state index contributed by atoms with van der Waals surface area (Å²) in [5.74, 6) is 0.871. The van der Waals surface area contributed by atoms with Gasteiger partial charge in [-0.05, 0) is 25.0 Å². The Hall–Kier alpha value is -2.85. The number of anilines is 1. The molecule has 0 unspecified atom stereocenters. The zero-order valence-corrected chi connectivity index (χ0v) is 16.1. The van der Waals surface area contributed by atoms with E-state index in [1.165, 1.54) is 0 Å². The van der Waals surface area contributed by atoms with E-state index in [0.717, 1.165) is 25.9 Å². The van der Waals surface area contributed by atoms with Crippen molar-refractivity contribution in [1.29, 1.82) is 0 Å². The Morgan fingerprint density at radius 2 is 1.59 bits per heavy atom. The lowest BCUT2D eigenvalue weighted by Crippen LogP contribution is -2.52. The number of hydrogen-bond donors (Lipinski definition) is 3. The molecule has 0 spiro atoms. The summed E-state index contributed by atoms with van der Waals surface area (Å²) in [7, 11) is 0. The van der Waals surface area contributed by atoms with Gasteiger partial charge in [0.1, 0.15) is 0 Å². The summed E-state index contributed by atoms with van der Waals surface area (Å²) in [5.41, 5.74) is 0.512. The largest absolute Gasteiger partial charge is 0.454 e. The topological polar surface area (TPSA) is 112 Å². The fraction of sp³-hybridized carbons (Fsp3) is 0.526. The smallest absolute Gasteiger partial charge is 0.325 e. The van der Waals surface area contributed by atoms with E-state index in [0.29, 0.717) is 42.9 Å². The monoisotopic (exact) mass is 403 g/mol. The van der Waals surface area contributed by atoms with Gasteiger partial charge in [0.2, 0.25) is 18.6 Å². The van der Waals surface area contributed by atoms with Gasteiger partial charge in [0.25, 0.3) is 0 Å². The van der Waals surface area contributed by atoms with Crippen molar-refractivity contribution in [1.82, 2.24) is 20.4 Å². The molecule has 1 aliphatic carbocycles. The fourth-order valence-electron chi connectivity index (χ4n) is 3.32. The van der Waals surface area contributed by atoms with Crippen LogP contribution in [0.25, 0.3) is 0 Å². The van der Waals surface area contributed by atoms with Crippen LogP contribution in [0.1, 0.15) is 12.8 Å². The van der Waals surface area contributed by atoms with Crippen LogP contribution in [0, 0.1) is 0 Å². The third-order valence-corrected chi connectivity index (χ3v) is 5.03. The first-order chi connectivity index (χ1) is 14.0. The number of fused-ring (bicyclic) bond motifs is 1. The van der Waals surface area contributed by atoms with Crippen LogP contribution in [-0.2, 0) is 9.59 Å². The molecule has 3 aliphatic rings. The quantitative estimate of drug-likeness (QED) is 0.611. The van der Waals surface area contributed by atoms with Crippen molar-refractivity contribution in [3.05, 3.63) is 18.2 Å². The lowest BCUT2D eigenvalue weighted by molar-refractivity contribution is -0.124. The van der Waals surface area contributed by atoms with Gasteiger partial charge in [-0.15, -0.1) is 0 Å². The van der Waals surface area contributed by atoms with Crippen molar-refractivity contribution in [2.24, 2.45) is 0 Å². The van der Waals surface area contributed by atoms with Gasteiger partial charge in [-0.1, -0.05) is 0 Å². The molecule has 2 heterocycles. The van der Waals surface area contributed by atoms with Gasteiger partial charge in [0.05, 0.1) is 13.1 Å². The molecule has 1 saturated heterocycles. The maximum atomic E-state index is 12.2. The summed E-state index contributed by atoms with van der Waals surface area (Å²) < 4.78 is 10.5. The number of urea groups is 1. The highest BCUT2D eigenvalue weighted by Crippen LogP contribution is 2.34. The Morgan fingerprint density at radius 1 is 0.931 bits per heavy atom. The average molecular weight is 403 g/mol. The molecular weight excluding hydrogens is 378 g/mol. The van der Waals surface area contributed by atoms with E-state index < -0.39 is 6.03 Å². The lowest BCUT2D eigenvalue weighted by Gasteiger charge is -2.33. The SMILES string of the molecule is O=C(CN1CCN(CC(=O)NC2CC2)CC1)NC(=O)Nc1ccc2c(c1)OCO2. The Balaban J connectivity index is 1.15. The van der Waals surface area contributed by atoms with E-state index in [1.807, 2.05) is 4.90 Å². The lowest BCUT2D eigenvalue weighted by atomic mass is 10.3. The number of piperazine rings is 1. The molecule has 1 aromatic rings. The number of nitrogens with zero attached hydrogens (tertiary/aromatic N) is 2. The van der Waals surface area contributed by atoms with E-state index in [4.69, 9.17) is 9.47 Å². The van der Waals surface area contributed by atoms with Gasteiger partial charge < -0.3 is 20.1 Å².